The zero-order valence-corrected chi connectivity index (χ0v) is 16.7. The molecule has 0 saturated carbocycles. The minimum absolute atomic E-state index is 0.113. The van der Waals surface area contributed by atoms with Gasteiger partial charge in [0, 0.05) is 37.6 Å². The number of piperidine rings is 1. The number of carbonyl (C=O) groups excluding carboxylic acids is 2. The summed E-state index contributed by atoms with van der Waals surface area (Å²) in [5.74, 6) is -0.113. The van der Waals surface area contributed by atoms with E-state index in [9.17, 15) is 18.0 Å². The largest absolute Gasteiger partial charge is 0.450 e. The van der Waals surface area contributed by atoms with Crippen molar-refractivity contribution in [2.75, 3.05) is 39.0 Å². The van der Waals surface area contributed by atoms with E-state index in [4.69, 9.17) is 4.74 Å². The molecule has 2 amide bonds. The van der Waals surface area contributed by atoms with Crippen molar-refractivity contribution in [3.05, 3.63) is 0 Å². The monoisotopic (exact) mass is 377 g/mol. The van der Waals surface area contributed by atoms with Crippen LogP contribution in [-0.2, 0) is 19.6 Å². The lowest BCUT2D eigenvalue weighted by Crippen LogP contribution is -2.50. The van der Waals surface area contributed by atoms with Gasteiger partial charge in [0.2, 0.25) is 15.9 Å². The number of ether oxygens (including phenoxy) is 1. The Morgan fingerprint density at radius 2 is 1.80 bits per heavy atom. The Morgan fingerprint density at radius 1 is 1.24 bits per heavy atom. The molecule has 9 heteroatoms. The van der Waals surface area contributed by atoms with E-state index in [1.165, 1.54) is 10.6 Å². The second kappa shape index (κ2) is 8.84. The Bertz CT molecular complexity index is 563. The van der Waals surface area contributed by atoms with E-state index in [2.05, 4.69) is 5.32 Å². The predicted octanol–water partition coefficient (Wildman–Crippen LogP) is 1.03. The van der Waals surface area contributed by atoms with Crippen LogP contribution in [0.3, 0.4) is 0 Å². The van der Waals surface area contributed by atoms with E-state index in [1.807, 2.05) is 20.8 Å². The number of likely N-dealkylation sites (tertiary alicyclic amines) is 1. The number of nitrogens with one attached hydrogen (secondary N) is 1. The highest BCUT2D eigenvalue weighted by Crippen LogP contribution is 2.19. The first-order valence-corrected chi connectivity index (χ1v) is 10.5. The lowest BCUT2D eigenvalue weighted by Gasteiger charge is -2.36. The Balaban J connectivity index is 2.61. The van der Waals surface area contributed by atoms with Gasteiger partial charge in [0.1, 0.15) is 0 Å². The molecule has 0 radical (unpaired) electrons. The summed E-state index contributed by atoms with van der Waals surface area (Å²) >= 11 is 0. The minimum Gasteiger partial charge on any atom is -0.450 e. The van der Waals surface area contributed by atoms with Gasteiger partial charge in [-0.3, -0.25) is 4.79 Å². The number of hydrogen-bond acceptors (Lipinski definition) is 5. The first kappa shape index (κ1) is 21.7. The topological polar surface area (TPSA) is 96.0 Å². The van der Waals surface area contributed by atoms with Crippen molar-refractivity contribution in [2.24, 2.45) is 5.41 Å². The molecule has 0 atom stereocenters. The highest BCUT2D eigenvalue weighted by atomic mass is 32.2. The normalized spacial score (nSPS) is 16.8. The van der Waals surface area contributed by atoms with E-state index >= 15 is 0 Å². The Morgan fingerprint density at radius 3 is 2.24 bits per heavy atom. The zero-order valence-electron chi connectivity index (χ0n) is 15.9. The molecule has 8 nitrogen and oxygen atoms in total. The molecule has 0 aromatic rings. The quantitative estimate of drug-likeness (QED) is 0.746. The molecule has 0 aromatic carbocycles. The van der Waals surface area contributed by atoms with Crippen LogP contribution in [0.5, 0.6) is 0 Å². The molecule has 1 aliphatic heterocycles. The van der Waals surface area contributed by atoms with Crippen LogP contribution in [0.1, 0.15) is 40.5 Å². The van der Waals surface area contributed by atoms with Crippen LogP contribution in [0, 0.1) is 5.41 Å². The van der Waals surface area contributed by atoms with Gasteiger partial charge in [-0.1, -0.05) is 20.8 Å². The molecule has 0 aliphatic carbocycles. The predicted molar refractivity (Wildman–Crippen MR) is 95.6 cm³/mol. The van der Waals surface area contributed by atoms with Crippen molar-refractivity contribution < 1.29 is 22.7 Å². The van der Waals surface area contributed by atoms with Crippen LogP contribution < -0.4 is 5.32 Å². The van der Waals surface area contributed by atoms with Crippen LogP contribution in [0.2, 0.25) is 0 Å². The molecule has 1 fully saturated rings. The summed E-state index contributed by atoms with van der Waals surface area (Å²) < 4.78 is 30.7. The summed E-state index contributed by atoms with van der Waals surface area (Å²) in [6.45, 7) is 8.91. The van der Waals surface area contributed by atoms with E-state index < -0.39 is 15.4 Å². The molecule has 0 unspecified atom stereocenters. The molecule has 1 aliphatic rings. The molecule has 0 aromatic heterocycles. The SMILES string of the molecule is CCOC(=O)N1CCC(N(CCNC(=O)C(C)(C)C)S(C)(=O)=O)CC1. The molecule has 1 rings (SSSR count). The van der Waals surface area contributed by atoms with E-state index in [1.54, 1.807) is 11.8 Å². The Kier molecular flexibility index (Phi) is 7.67. The van der Waals surface area contributed by atoms with Crippen molar-refractivity contribution in [3.63, 3.8) is 0 Å². The summed E-state index contributed by atoms with van der Waals surface area (Å²) in [5, 5.41) is 2.78. The number of hydrogen-bond donors (Lipinski definition) is 1. The highest BCUT2D eigenvalue weighted by molar-refractivity contribution is 7.88. The number of nitrogens with zero attached hydrogens (tertiary/aromatic N) is 2. The highest BCUT2D eigenvalue weighted by Gasteiger charge is 2.32. The second-order valence-corrected chi connectivity index (χ2v) is 9.23. The number of carbonyl (C=O) groups is 2. The molecule has 146 valence electrons. The second-order valence-electron chi connectivity index (χ2n) is 7.30. The van der Waals surface area contributed by atoms with Crippen LogP contribution in [0.4, 0.5) is 4.79 Å². The van der Waals surface area contributed by atoms with E-state index in [0.717, 1.165) is 0 Å². The molecule has 0 bridgehead atoms. The molecule has 25 heavy (non-hydrogen) atoms. The molecular formula is C16H31N3O5S. The maximum atomic E-state index is 12.1. The summed E-state index contributed by atoms with van der Waals surface area (Å²) in [5.41, 5.74) is -0.513. The van der Waals surface area contributed by atoms with Crippen LogP contribution >= 0.6 is 0 Å². The Hall–Kier alpha value is -1.35. The first-order chi connectivity index (χ1) is 11.5. The third-order valence-electron chi connectivity index (χ3n) is 4.12. The molecule has 0 spiro atoms. The van der Waals surface area contributed by atoms with E-state index in [-0.39, 0.29) is 31.1 Å². The first-order valence-electron chi connectivity index (χ1n) is 8.63. The fourth-order valence-electron chi connectivity index (χ4n) is 2.72. The van der Waals surface area contributed by atoms with Gasteiger partial charge in [0.25, 0.3) is 0 Å². The lowest BCUT2D eigenvalue weighted by atomic mass is 9.96. The maximum Gasteiger partial charge on any atom is 0.409 e. The van der Waals surface area contributed by atoms with Crippen LogP contribution in [-0.4, -0.2) is 74.7 Å². The van der Waals surface area contributed by atoms with Crippen LogP contribution in [0.25, 0.3) is 0 Å². The summed E-state index contributed by atoms with van der Waals surface area (Å²) in [6.07, 6.45) is 1.93. The minimum atomic E-state index is -3.40. The van der Waals surface area contributed by atoms with Crippen molar-refractivity contribution in [3.8, 4) is 0 Å². The van der Waals surface area contributed by atoms with Crippen molar-refractivity contribution in [1.82, 2.24) is 14.5 Å². The van der Waals surface area contributed by atoms with Gasteiger partial charge in [-0.15, -0.1) is 0 Å². The van der Waals surface area contributed by atoms with Gasteiger partial charge in [0.05, 0.1) is 12.9 Å². The number of amides is 2. The molecule has 1 saturated heterocycles. The smallest absolute Gasteiger partial charge is 0.409 e. The molecular weight excluding hydrogens is 346 g/mol. The summed E-state index contributed by atoms with van der Waals surface area (Å²) in [4.78, 5) is 25.3. The van der Waals surface area contributed by atoms with Gasteiger partial charge < -0.3 is 15.0 Å². The number of sulfonamides is 1. The van der Waals surface area contributed by atoms with Gasteiger partial charge in [-0.2, -0.15) is 4.31 Å². The summed E-state index contributed by atoms with van der Waals surface area (Å²) in [7, 11) is -3.40. The standard InChI is InChI=1S/C16H31N3O5S/c1-6-24-15(21)18-10-7-13(8-11-18)19(25(5,22)23)12-9-17-14(20)16(2,3)4/h13H,6-12H2,1-5H3,(H,17,20). The van der Waals surface area contributed by atoms with Crippen molar-refractivity contribution in [2.45, 2.75) is 46.6 Å². The van der Waals surface area contributed by atoms with Gasteiger partial charge in [-0.05, 0) is 19.8 Å². The third-order valence-corrected chi connectivity index (χ3v) is 5.46. The lowest BCUT2D eigenvalue weighted by molar-refractivity contribution is -0.128. The number of rotatable bonds is 6. The Labute approximate surface area is 150 Å². The average Bonchev–Trinajstić information content (AvgIpc) is 2.49. The maximum absolute atomic E-state index is 12.1. The molecule has 1 N–H and O–H groups in total. The molecule has 1 heterocycles. The average molecular weight is 378 g/mol. The van der Waals surface area contributed by atoms with Crippen molar-refractivity contribution in [1.29, 1.82) is 0 Å². The zero-order chi connectivity index (χ0) is 19.3. The third kappa shape index (κ3) is 6.81. The van der Waals surface area contributed by atoms with E-state index in [0.29, 0.717) is 32.5 Å². The fraction of sp³-hybridized carbons (Fsp3) is 0.875. The van der Waals surface area contributed by atoms with Crippen molar-refractivity contribution >= 4 is 22.0 Å². The fourth-order valence-corrected chi connectivity index (χ4v) is 3.89. The summed E-state index contributed by atoms with van der Waals surface area (Å²) in [6, 6.07) is -0.174. The van der Waals surface area contributed by atoms with Gasteiger partial charge in [-0.25, -0.2) is 13.2 Å². The van der Waals surface area contributed by atoms with Gasteiger partial charge >= 0.3 is 6.09 Å². The van der Waals surface area contributed by atoms with Crippen LogP contribution in [0.15, 0.2) is 0 Å². The van der Waals surface area contributed by atoms with Gasteiger partial charge in [0.15, 0.2) is 0 Å².